The molecule has 9 heteroatoms. The van der Waals surface area contributed by atoms with Crippen molar-refractivity contribution < 1.29 is 44.2 Å². The van der Waals surface area contributed by atoms with Crippen LogP contribution in [-0.4, -0.2) is 18.3 Å². The molecule has 0 aliphatic rings. The Morgan fingerprint density at radius 1 is 1.36 bits per heavy atom. The van der Waals surface area contributed by atoms with Crippen molar-refractivity contribution >= 4 is 21.1 Å². The van der Waals surface area contributed by atoms with Gasteiger partial charge in [0.1, 0.15) is 0 Å². The average molecular weight is 256 g/mol. The Balaban J connectivity index is 0. The molecule has 0 rings (SSSR count). The molecule has 2 atom stereocenters. The van der Waals surface area contributed by atoms with Gasteiger partial charge in [0, 0.05) is 0 Å². The first-order chi connectivity index (χ1) is 5.04. The maximum atomic E-state index is 9.44. The molecule has 0 aromatic heterocycles. The number of rotatable bonds is 2. The van der Waals surface area contributed by atoms with Crippen molar-refractivity contribution in [2.24, 2.45) is 0 Å². The molecular formula is C2H9O6P2Zn. The molecule has 0 aliphatic heterocycles. The minimum Gasteiger partial charge on any atom is -0.326 e. The monoisotopic (exact) mass is 255 g/mol. The number of hydrogen-bond donors (Lipinski definition) is 3. The molecule has 0 saturated heterocycles. The average Bonchev–Trinajstić information content (AvgIpc) is 1.85. The predicted molar refractivity (Wildman–Crippen MR) is 37.5 cm³/mol. The van der Waals surface area contributed by atoms with Crippen LogP contribution in [0, 0.1) is 0 Å². The normalized spacial score (nSPS) is 14.5. The summed E-state index contributed by atoms with van der Waals surface area (Å²) in [6.45, 7) is 1.89. The van der Waals surface area contributed by atoms with E-state index in [9.17, 15) is 9.13 Å². The molecule has 0 saturated carbocycles. The fourth-order valence-corrected chi connectivity index (χ4v) is 0.672. The van der Waals surface area contributed by atoms with Crippen molar-refractivity contribution in [3.8, 4) is 0 Å². The Morgan fingerprint density at radius 3 is 1.64 bits per heavy atom. The van der Waals surface area contributed by atoms with Crippen LogP contribution in [0.3, 0.4) is 0 Å². The molecule has 65 valence electrons. The minimum atomic E-state index is -3.20. The first kappa shape index (κ1) is 14.3. The molecule has 0 fully saturated rings. The van der Waals surface area contributed by atoms with Crippen molar-refractivity contribution in [3.63, 3.8) is 0 Å². The maximum absolute atomic E-state index is 9.44. The van der Waals surface area contributed by atoms with Gasteiger partial charge in [0.25, 0.3) is 0 Å². The summed E-state index contributed by atoms with van der Waals surface area (Å²) in [5.41, 5.74) is 0. The fraction of sp³-hybridized carbons (Fsp3) is 0.500. The summed E-state index contributed by atoms with van der Waals surface area (Å²) in [6.07, 6.45) is 0. The van der Waals surface area contributed by atoms with E-state index >= 15 is 0 Å². The van der Waals surface area contributed by atoms with E-state index in [0.717, 1.165) is 0 Å². The molecule has 2 unspecified atom stereocenters. The van der Waals surface area contributed by atoms with Crippen molar-refractivity contribution in [3.05, 3.63) is 0 Å². The molecule has 0 aliphatic carbocycles. The zero-order valence-electron chi connectivity index (χ0n) is 5.85. The van der Waals surface area contributed by atoms with Crippen LogP contribution in [0.2, 0.25) is 0 Å². The summed E-state index contributed by atoms with van der Waals surface area (Å²) in [7, 11) is -6.40. The second kappa shape index (κ2) is 10.8. The third-order valence-electron chi connectivity index (χ3n) is 0.357. The third kappa shape index (κ3) is 24.9. The Bertz CT molecular complexity index is 141. The van der Waals surface area contributed by atoms with Crippen LogP contribution in [0.15, 0.2) is 0 Å². The standard InChI is InChI=1S/C2H4.H4O5P2.H2O.Zn/c1-2;1-6(2)5-7(3)4;;/h1H,2H3;6-7H,(H,1,2)(H,3,4);1H2;/q;;;+1/p-1. The second-order valence-electron chi connectivity index (χ2n) is 1.22. The molecule has 0 spiro atoms. The van der Waals surface area contributed by atoms with Crippen molar-refractivity contribution in [1.82, 2.24) is 0 Å². The van der Waals surface area contributed by atoms with Crippen LogP contribution >= 0.6 is 16.5 Å². The van der Waals surface area contributed by atoms with E-state index in [2.05, 4.69) is 4.31 Å². The Hall–Kier alpha value is 0.793. The van der Waals surface area contributed by atoms with Crippen LogP contribution in [0.25, 0.3) is 0 Å². The zero-order chi connectivity index (χ0) is 9.28. The van der Waals surface area contributed by atoms with E-state index < -0.39 is 33.5 Å². The van der Waals surface area contributed by atoms with E-state index in [1.165, 1.54) is 0 Å². The van der Waals surface area contributed by atoms with E-state index in [1.807, 2.05) is 11.5 Å². The third-order valence-corrected chi connectivity index (χ3v) is 2.52. The molecule has 3 N–H and O–H groups in total. The van der Waals surface area contributed by atoms with Gasteiger partial charge in [-0.25, -0.2) is 4.31 Å². The minimum absolute atomic E-state index is 1.01. The van der Waals surface area contributed by atoms with Gasteiger partial charge in [-0.1, -0.05) is 0 Å². The van der Waals surface area contributed by atoms with Crippen LogP contribution in [0.1, 0.15) is 6.92 Å². The van der Waals surface area contributed by atoms with Gasteiger partial charge in [0.2, 0.25) is 0 Å². The summed E-state index contributed by atoms with van der Waals surface area (Å²) in [6, 6.07) is 0. The van der Waals surface area contributed by atoms with Crippen LogP contribution in [-0.2, 0) is 30.5 Å². The largest absolute Gasteiger partial charge is 0.326 e. The van der Waals surface area contributed by atoms with Gasteiger partial charge in [0.05, 0.1) is 0 Å². The summed E-state index contributed by atoms with van der Waals surface area (Å²) in [5.74, 6) is 0. The maximum Gasteiger partial charge on any atom is 0.323 e. The Morgan fingerprint density at radius 2 is 1.64 bits per heavy atom. The van der Waals surface area contributed by atoms with E-state index in [0.29, 0.717) is 0 Å². The SMILES string of the molecule is C[CH]=[Zn][OH].O=[PH](O)O[PH](=O)O. The van der Waals surface area contributed by atoms with Crippen molar-refractivity contribution in [2.75, 3.05) is 0 Å². The molecular weight excluding hydrogens is 247 g/mol. The summed E-state index contributed by atoms with van der Waals surface area (Å²) >= 11 is -1.01. The molecule has 0 heterocycles. The molecule has 0 amide bonds. The number of hydrogen-bond acceptors (Lipinski definition) is 4. The first-order valence-electron chi connectivity index (χ1n) is 2.57. The van der Waals surface area contributed by atoms with Crippen molar-refractivity contribution in [1.29, 1.82) is 0 Å². The van der Waals surface area contributed by atoms with Crippen LogP contribution < -0.4 is 0 Å². The van der Waals surface area contributed by atoms with Crippen LogP contribution in [0.5, 0.6) is 0 Å². The molecule has 0 bridgehead atoms. The van der Waals surface area contributed by atoms with Crippen LogP contribution in [0.4, 0.5) is 0 Å². The molecule has 11 heavy (non-hydrogen) atoms. The summed E-state index contributed by atoms with van der Waals surface area (Å²) < 4.78 is 32.2. The first-order valence-corrected chi connectivity index (χ1v) is 8.13. The van der Waals surface area contributed by atoms with Gasteiger partial charge in [0.15, 0.2) is 0 Å². The van der Waals surface area contributed by atoms with E-state index in [-0.39, 0.29) is 0 Å². The van der Waals surface area contributed by atoms with Gasteiger partial charge in [-0.05, 0) is 0 Å². The van der Waals surface area contributed by atoms with Crippen molar-refractivity contribution in [2.45, 2.75) is 6.92 Å². The molecule has 0 radical (unpaired) electrons. The molecule has 0 aromatic carbocycles. The van der Waals surface area contributed by atoms with Gasteiger partial charge < -0.3 is 9.79 Å². The second-order valence-corrected chi connectivity index (χ2v) is 5.58. The zero-order valence-corrected chi connectivity index (χ0v) is 10.8. The molecule has 0 aromatic rings. The summed E-state index contributed by atoms with van der Waals surface area (Å²) in [5, 5.41) is 0. The Kier molecular flexibility index (Phi) is 14.1. The smallest absolute Gasteiger partial charge is 0.323 e. The summed E-state index contributed by atoms with van der Waals surface area (Å²) in [4.78, 5) is 15.4. The van der Waals surface area contributed by atoms with Gasteiger partial charge in [-0.3, -0.25) is 9.13 Å². The Labute approximate surface area is 72.6 Å². The van der Waals surface area contributed by atoms with Gasteiger partial charge in [-0.15, -0.1) is 0 Å². The predicted octanol–water partition coefficient (Wildman–Crippen LogP) is -0.435. The van der Waals surface area contributed by atoms with E-state index in [4.69, 9.17) is 13.7 Å². The quantitative estimate of drug-likeness (QED) is 0.457. The van der Waals surface area contributed by atoms with E-state index in [1.54, 1.807) is 0 Å². The van der Waals surface area contributed by atoms with Gasteiger partial charge in [-0.2, -0.15) is 0 Å². The molecule has 6 nitrogen and oxygen atoms in total. The topological polar surface area (TPSA) is 104 Å². The van der Waals surface area contributed by atoms with Gasteiger partial charge >= 0.3 is 49.0 Å². The fourth-order valence-electron chi connectivity index (χ4n) is 0.0747.